The van der Waals surface area contributed by atoms with Crippen LogP contribution in [0.1, 0.15) is 10.4 Å². The summed E-state index contributed by atoms with van der Waals surface area (Å²) in [6.45, 7) is 0. The summed E-state index contributed by atoms with van der Waals surface area (Å²) < 4.78 is 0. The van der Waals surface area contributed by atoms with Crippen molar-refractivity contribution in [3.8, 4) is 0 Å². The highest BCUT2D eigenvalue weighted by Crippen LogP contribution is 2.27. The molecule has 0 saturated carbocycles. The Kier molecular flexibility index (Phi) is 2.95. The number of para-hydroxylation sites is 1. The minimum absolute atomic E-state index is 0.209. The van der Waals surface area contributed by atoms with Crippen LogP contribution in [0.25, 0.3) is 0 Å². The first-order valence-electron chi connectivity index (χ1n) is 5.10. The van der Waals surface area contributed by atoms with Gasteiger partial charge in [-0.1, -0.05) is 6.07 Å². The molecule has 2 rings (SSSR count). The molecule has 6 nitrogen and oxygen atoms in total. The monoisotopic (exact) mass is 231 g/mol. The molecule has 0 aromatic heterocycles. The Morgan fingerprint density at radius 1 is 1.53 bits per heavy atom. The molecule has 0 bridgehead atoms. The summed E-state index contributed by atoms with van der Waals surface area (Å²) in [4.78, 5) is 11.7. The van der Waals surface area contributed by atoms with Crippen molar-refractivity contribution in [2.75, 3.05) is 17.9 Å². The zero-order chi connectivity index (χ0) is 12.3. The van der Waals surface area contributed by atoms with Gasteiger partial charge in [-0.25, -0.2) is 0 Å². The van der Waals surface area contributed by atoms with Crippen molar-refractivity contribution in [3.63, 3.8) is 0 Å². The number of nitrogens with zero attached hydrogens (tertiary/aromatic N) is 2. The Balaban J connectivity index is 2.47. The van der Waals surface area contributed by atoms with E-state index in [0.29, 0.717) is 16.9 Å². The number of hydrogen-bond acceptors (Lipinski definition) is 5. The van der Waals surface area contributed by atoms with Crippen LogP contribution in [0.2, 0.25) is 0 Å². The molecule has 0 spiro atoms. The third kappa shape index (κ3) is 2.05. The van der Waals surface area contributed by atoms with Gasteiger partial charge in [-0.3, -0.25) is 10.2 Å². The molecule has 4 N–H and O–H groups in total. The normalized spacial score (nSPS) is 13.4. The quantitative estimate of drug-likeness (QED) is 0.645. The lowest BCUT2D eigenvalue weighted by Crippen LogP contribution is -2.34. The van der Waals surface area contributed by atoms with E-state index in [2.05, 4.69) is 15.8 Å². The Hall–Kier alpha value is -2.50. The Morgan fingerprint density at radius 2 is 2.35 bits per heavy atom. The van der Waals surface area contributed by atoms with Crippen LogP contribution in [-0.2, 0) is 0 Å². The highest BCUT2D eigenvalue weighted by molar-refractivity contribution is 6.02. The number of hydrogen-bond donors (Lipinski definition) is 3. The standard InChI is InChI=1S/C11H13N5O/c1-13-11(17)8-4-2-5-9(12)10(8)16-14-6-3-7-15-16/h2-7,14H,12H2,1H3,(H,13,17). The molecule has 1 aromatic rings. The van der Waals surface area contributed by atoms with Crippen LogP contribution in [0, 0.1) is 0 Å². The fourth-order valence-corrected chi connectivity index (χ4v) is 1.53. The second-order valence-electron chi connectivity index (χ2n) is 3.39. The van der Waals surface area contributed by atoms with Gasteiger partial charge in [0, 0.05) is 13.2 Å². The van der Waals surface area contributed by atoms with Crippen molar-refractivity contribution >= 4 is 23.5 Å². The summed E-state index contributed by atoms with van der Waals surface area (Å²) in [6.07, 6.45) is 5.05. The third-order valence-electron chi connectivity index (χ3n) is 2.31. The summed E-state index contributed by atoms with van der Waals surface area (Å²) >= 11 is 0. The average Bonchev–Trinajstić information content (AvgIpc) is 2.38. The number of rotatable bonds is 2. The predicted octanol–water partition coefficient (Wildman–Crippen LogP) is 0.453. The molecule has 0 aliphatic carbocycles. The molecule has 1 heterocycles. The lowest BCUT2D eigenvalue weighted by atomic mass is 10.1. The van der Waals surface area contributed by atoms with Crippen molar-refractivity contribution in [2.45, 2.75) is 0 Å². The van der Waals surface area contributed by atoms with Crippen molar-refractivity contribution in [1.82, 2.24) is 10.7 Å². The van der Waals surface area contributed by atoms with Gasteiger partial charge in [0.15, 0.2) is 0 Å². The van der Waals surface area contributed by atoms with E-state index in [1.54, 1.807) is 43.7 Å². The van der Waals surface area contributed by atoms with E-state index in [0.717, 1.165) is 0 Å². The van der Waals surface area contributed by atoms with Crippen molar-refractivity contribution in [3.05, 3.63) is 36.0 Å². The van der Waals surface area contributed by atoms with Crippen molar-refractivity contribution in [2.24, 2.45) is 5.10 Å². The van der Waals surface area contributed by atoms with Gasteiger partial charge in [-0.15, -0.1) is 0 Å². The summed E-state index contributed by atoms with van der Waals surface area (Å²) in [5.41, 5.74) is 10.3. The molecule has 1 amide bonds. The predicted molar refractivity (Wildman–Crippen MR) is 67.5 cm³/mol. The van der Waals surface area contributed by atoms with Gasteiger partial charge in [0.1, 0.15) is 5.69 Å². The fourth-order valence-electron chi connectivity index (χ4n) is 1.53. The van der Waals surface area contributed by atoms with Gasteiger partial charge < -0.3 is 11.1 Å². The molecule has 0 fully saturated rings. The van der Waals surface area contributed by atoms with Crippen LogP contribution >= 0.6 is 0 Å². The fraction of sp³-hybridized carbons (Fsp3) is 0.0909. The SMILES string of the molecule is CNC(=O)c1cccc(N)c1N1N=CC=CN1. The summed E-state index contributed by atoms with van der Waals surface area (Å²) in [5.74, 6) is -0.209. The van der Waals surface area contributed by atoms with Crippen LogP contribution in [0.5, 0.6) is 0 Å². The van der Waals surface area contributed by atoms with Crippen LogP contribution in [-0.4, -0.2) is 19.2 Å². The number of carbonyl (C=O) groups is 1. The topological polar surface area (TPSA) is 82.8 Å². The van der Waals surface area contributed by atoms with Gasteiger partial charge in [-0.2, -0.15) is 10.2 Å². The van der Waals surface area contributed by atoms with Gasteiger partial charge in [0.25, 0.3) is 5.91 Å². The van der Waals surface area contributed by atoms with Crippen LogP contribution in [0.3, 0.4) is 0 Å². The molecule has 1 aliphatic heterocycles. The number of amides is 1. The van der Waals surface area contributed by atoms with E-state index in [1.165, 1.54) is 5.12 Å². The first-order valence-corrected chi connectivity index (χ1v) is 5.10. The maximum absolute atomic E-state index is 11.7. The zero-order valence-corrected chi connectivity index (χ0v) is 9.34. The molecule has 0 unspecified atom stereocenters. The number of carbonyl (C=O) groups excluding carboxylic acids is 1. The van der Waals surface area contributed by atoms with Crippen LogP contribution in [0.15, 0.2) is 35.6 Å². The molecular weight excluding hydrogens is 218 g/mol. The largest absolute Gasteiger partial charge is 0.397 e. The molecular formula is C11H13N5O. The first-order chi connectivity index (χ1) is 8.24. The lowest BCUT2D eigenvalue weighted by molar-refractivity contribution is 0.0963. The number of nitrogen functional groups attached to an aromatic ring is 1. The first kappa shape index (κ1) is 11.0. The molecule has 0 atom stereocenters. The summed E-state index contributed by atoms with van der Waals surface area (Å²) in [6, 6.07) is 5.14. The van der Waals surface area contributed by atoms with Gasteiger partial charge in [-0.05, 0) is 18.2 Å². The van der Waals surface area contributed by atoms with E-state index in [4.69, 9.17) is 5.73 Å². The minimum Gasteiger partial charge on any atom is -0.397 e. The Morgan fingerprint density at radius 3 is 3.00 bits per heavy atom. The minimum atomic E-state index is -0.209. The molecule has 17 heavy (non-hydrogen) atoms. The summed E-state index contributed by atoms with van der Waals surface area (Å²) in [7, 11) is 1.57. The smallest absolute Gasteiger partial charge is 0.253 e. The van der Waals surface area contributed by atoms with Crippen molar-refractivity contribution in [1.29, 1.82) is 0 Å². The van der Waals surface area contributed by atoms with Gasteiger partial charge >= 0.3 is 0 Å². The van der Waals surface area contributed by atoms with Gasteiger partial charge in [0.05, 0.1) is 17.5 Å². The Bertz CT molecular complexity index is 495. The van der Waals surface area contributed by atoms with Crippen molar-refractivity contribution < 1.29 is 4.79 Å². The lowest BCUT2D eigenvalue weighted by Gasteiger charge is -2.23. The number of nitrogens with one attached hydrogen (secondary N) is 2. The Labute approximate surface area is 98.8 Å². The van der Waals surface area contributed by atoms with E-state index in [1.807, 2.05) is 0 Å². The summed E-state index contributed by atoms with van der Waals surface area (Å²) in [5, 5.41) is 8.12. The number of benzene rings is 1. The molecule has 88 valence electrons. The second-order valence-corrected chi connectivity index (χ2v) is 3.39. The third-order valence-corrected chi connectivity index (χ3v) is 2.31. The highest BCUT2D eigenvalue weighted by atomic mass is 16.1. The molecule has 1 aliphatic rings. The average molecular weight is 231 g/mol. The van der Waals surface area contributed by atoms with E-state index >= 15 is 0 Å². The maximum Gasteiger partial charge on any atom is 0.253 e. The van der Waals surface area contributed by atoms with Crippen LogP contribution in [0.4, 0.5) is 11.4 Å². The van der Waals surface area contributed by atoms with E-state index < -0.39 is 0 Å². The number of allylic oxidation sites excluding steroid dienone is 1. The zero-order valence-electron chi connectivity index (χ0n) is 9.34. The van der Waals surface area contributed by atoms with Crippen LogP contribution < -0.4 is 21.6 Å². The number of hydrazone groups is 1. The number of anilines is 2. The molecule has 1 aromatic carbocycles. The van der Waals surface area contributed by atoms with E-state index in [-0.39, 0.29) is 5.91 Å². The molecule has 6 heteroatoms. The maximum atomic E-state index is 11.7. The second kappa shape index (κ2) is 4.56. The van der Waals surface area contributed by atoms with E-state index in [9.17, 15) is 4.79 Å². The molecule has 0 saturated heterocycles. The number of hydrazine groups is 1. The molecule has 0 radical (unpaired) electrons. The number of nitrogens with two attached hydrogens (primary N) is 1. The highest BCUT2D eigenvalue weighted by Gasteiger charge is 2.18. The van der Waals surface area contributed by atoms with Gasteiger partial charge in [0.2, 0.25) is 0 Å².